The van der Waals surface area contributed by atoms with Crippen LogP contribution in [0.3, 0.4) is 0 Å². The molecule has 104 valence electrons. The maximum atomic E-state index is 5.85. The van der Waals surface area contributed by atoms with Gasteiger partial charge >= 0.3 is 0 Å². The summed E-state index contributed by atoms with van der Waals surface area (Å²) in [7, 11) is 0. The average Bonchev–Trinajstić information content (AvgIpc) is 2.30. The maximum absolute atomic E-state index is 5.85. The van der Waals surface area contributed by atoms with Crippen molar-refractivity contribution in [2.75, 3.05) is 39.4 Å². The van der Waals surface area contributed by atoms with E-state index in [0.29, 0.717) is 12.0 Å². The number of guanidine groups is 1. The Morgan fingerprint density at radius 1 is 1.50 bits per heavy atom. The van der Waals surface area contributed by atoms with Crippen molar-refractivity contribution in [2.24, 2.45) is 16.6 Å². The zero-order chi connectivity index (χ0) is 12.8. The SMILES string of the molecule is CC1COCCN1CCNC(N)=NCC1CCC1. The molecule has 1 aliphatic carbocycles. The van der Waals surface area contributed by atoms with Gasteiger partial charge in [0.25, 0.3) is 0 Å². The molecular formula is C13H26N4O. The minimum atomic E-state index is 0.508. The lowest BCUT2D eigenvalue weighted by Crippen LogP contribution is -2.47. The van der Waals surface area contributed by atoms with Crippen LogP contribution >= 0.6 is 0 Å². The smallest absolute Gasteiger partial charge is 0.188 e. The number of morpholine rings is 1. The summed E-state index contributed by atoms with van der Waals surface area (Å²) in [5.41, 5.74) is 5.85. The van der Waals surface area contributed by atoms with Crippen LogP contribution in [0.15, 0.2) is 4.99 Å². The number of rotatable bonds is 5. The molecule has 18 heavy (non-hydrogen) atoms. The highest BCUT2D eigenvalue weighted by Crippen LogP contribution is 2.26. The summed E-state index contributed by atoms with van der Waals surface area (Å²) in [6.07, 6.45) is 4.01. The molecule has 2 fully saturated rings. The van der Waals surface area contributed by atoms with Crippen molar-refractivity contribution in [2.45, 2.75) is 32.2 Å². The molecule has 1 saturated carbocycles. The van der Waals surface area contributed by atoms with Gasteiger partial charge in [-0.2, -0.15) is 0 Å². The molecule has 0 amide bonds. The molecule has 1 aliphatic heterocycles. The lowest BCUT2D eigenvalue weighted by molar-refractivity contribution is 0.000892. The molecule has 5 nitrogen and oxygen atoms in total. The highest BCUT2D eigenvalue weighted by atomic mass is 16.5. The Kier molecular flexibility index (Phi) is 5.26. The van der Waals surface area contributed by atoms with E-state index in [2.05, 4.69) is 22.1 Å². The number of hydrogen-bond acceptors (Lipinski definition) is 3. The second-order valence-electron chi connectivity index (χ2n) is 5.41. The summed E-state index contributed by atoms with van der Waals surface area (Å²) in [5, 5.41) is 3.20. The fourth-order valence-corrected chi connectivity index (χ4v) is 2.38. The molecule has 0 spiro atoms. The largest absolute Gasteiger partial charge is 0.379 e. The van der Waals surface area contributed by atoms with Gasteiger partial charge in [0.2, 0.25) is 0 Å². The molecule has 0 aromatic heterocycles. The highest BCUT2D eigenvalue weighted by molar-refractivity contribution is 5.77. The molecular weight excluding hydrogens is 228 g/mol. The molecule has 3 N–H and O–H groups in total. The van der Waals surface area contributed by atoms with E-state index in [-0.39, 0.29) is 0 Å². The first-order chi connectivity index (χ1) is 8.75. The van der Waals surface area contributed by atoms with Crippen LogP contribution in [0.25, 0.3) is 0 Å². The molecule has 0 radical (unpaired) electrons. The lowest BCUT2D eigenvalue weighted by Gasteiger charge is -2.33. The molecule has 2 aliphatic rings. The first-order valence-electron chi connectivity index (χ1n) is 7.11. The molecule has 2 rings (SSSR count). The van der Waals surface area contributed by atoms with Gasteiger partial charge in [-0.15, -0.1) is 0 Å². The van der Waals surface area contributed by atoms with Gasteiger partial charge in [-0.25, -0.2) is 0 Å². The van der Waals surface area contributed by atoms with Crippen LogP contribution in [0.4, 0.5) is 0 Å². The van der Waals surface area contributed by atoms with Crippen molar-refractivity contribution in [3.05, 3.63) is 0 Å². The Labute approximate surface area is 110 Å². The van der Waals surface area contributed by atoms with Gasteiger partial charge in [-0.3, -0.25) is 9.89 Å². The summed E-state index contributed by atoms with van der Waals surface area (Å²) in [6.45, 7) is 7.66. The van der Waals surface area contributed by atoms with Crippen LogP contribution in [0, 0.1) is 5.92 Å². The van der Waals surface area contributed by atoms with Crippen LogP contribution in [-0.2, 0) is 4.74 Å². The van der Waals surface area contributed by atoms with Crippen LogP contribution < -0.4 is 11.1 Å². The predicted molar refractivity (Wildman–Crippen MR) is 73.7 cm³/mol. The summed E-state index contributed by atoms with van der Waals surface area (Å²) in [5.74, 6) is 1.38. The van der Waals surface area contributed by atoms with Crippen molar-refractivity contribution < 1.29 is 4.74 Å². The summed E-state index contributed by atoms with van der Waals surface area (Å²) >= 11 is 0. The zero-order valence-corrected chi connectivity index (χ0v) is 11.4. The highest BCUT2D eigenvalue weighted by Gasteiger charge is 2.18. The van der Waals surface area contributed by atoms with E-state index in [9.17, 15) is 0 Å². The summed E-state index contributed by atoms with van der Waals surface area (Å²) in [4.78, 5) is 6.81. The maximum Gasteiger partial charge on any atom is 0.188 e. The number of nitrogens with two attached hydrogens (primary N) is 1. The van der Waals surface area contributed by atoms with E-state index < -0.39 is 0 Å². The molecule has 1 saturated heterocycles. The number of nitrogens with one attached hydrogen (secondary N) is 1. The topological polar surface area (TPSA) is 62.9 Å². The average molecular weight is 254 g/mol. The van der Waals surface area contributed by atoms with Crippen LogP contribution in [0.1, 0.15) is 26.2 Å². The second kappa shape index (κ2) is 6.95. The third kappa shape index (κ3) is 4.14. The van der Waals surface area contributed by atoms with E-state index in [1.807, 2.05) is 0 Å². The van der Waals surface area contributed by atoms with Gasteiger partial charge in [0.1, 0.15) is 0 Å². The van der Waals surface area contributed by atoms with Crippen LogP contribution in [0.2, 0.25) is 0 Å². The van der Waals surface area contributed by atoms with Gasteiger partial charge in [-0.1, -0.05) is 6.42 Å². The number of aliphatic imine (C=N–C) groups is 1. The van der Waals surface area contributed by atoms with Gasteiger partial charge in [0.15, 0.2) is 5.96 Å². The fraction of sp³-hybridized carbons (Fsp3) is 0.923. The van der Waals surface area contributed by atoms with E-state index in [0.717, 1.165) is 45.3 Å². The molecule has 1 unspecified atom stereocenters. The Bertz CT molecular complexity index is 278. The summed E-state index contributed by atoms with van der Waals surface area (Å²) < 4.78 is 5.41. The normalized spacial score (nSPS) is 26.9. The zero-order valence-electron chi connectivity index (χ0n) is 11.4. The Morgan fingerprint density at radius 3 is 3.00 bits per heavy atom. The molecule has 0 bridgehead atoms. The van der Waals surface area contributed by atoms with Crippen molar-refractivity contribution in [3.8, 4) is 0 Å². The minimum absolute atomic E-state index is 0.508. The number of nitrogens with zero attached hydrogens (tertiary/aromatic N) is 2. The van der Waals surface area contributed by atoms with Gasteiger partial charge in [0.05, 0.1) is 13.2 Å². The van der Waals surface area contributed by atoms with E-state index in [1.54, 1.807) is 0 Å². The first kappa shape index (κ1) is 13.6. The van der Waals surface area contributed by atoms with Crippen molar-refractivity contribution in [1.29, 1.82) is 0 Å². The Morgan fingerprint density at radius 2 is 2.33 bits per heavy atom. The summed E-state index contributed by atoms with van der Waals surface area (Å²) in [6, 6.07) is 0.508. The monoisotopic (exact) mass is 254 g/mol. The minimum Gasteiger partial charge on any atom is -0.379 e. The van der Waals surface area contributed by atoms with E-state index >= 15 is 0 Å². The van der Waals surface area contributed by atoms with E-state index in [4.69, 9.17) is 10.5 Å². The standard InChI is InChI=1S/C13H26N4O/c1-11-10-18-8-7-17(11)6-5-15-13(14)16-9-12-3-2-4-12/h11-12H,2-10H2,1H3,(H3,14,15,16). The molecule has 0 aromatic carbocycles. The van der Waals surface area contributed by atoms with Crippen molar-refractivity contribution in [3.63, 3.8) is 0 Å². The number of ether oxygens (including phenoxy) is 1. The third-order valence-corrected chi connectivity index (χ3v) is 3.95. The predicted octanol–water partition coefficient (Wildman–Crippen LogP) is 0.412. The second-order valence-corrected chi connectivity index (χ2v) is 5.41. The Balaban J connectivity index is 1.58. The molecule has 5 heteroatoms. The Hall–Kier alpha value is -0.810. The third-order valence-electron chi connectivity index (χ3n) is 3.95. The van der Waals surface area contributed by atoms with Crippen LogP contribution in [-0.4, -0.2) is 56.3 Å². The van der Waals surface area contributed by atoms with E-state index in [1.165, 1.54) is 19.3 Å². The molecule has 1 atom stereocenters. The van der Waals surface area contributed by atoms with Crippen LogP contribution in [0.5, 0.6) is 0 Å². The quantitative estimate of drug-likeness (QED) is 0.551. The van der Waals surface area contributed by atoms with Crippen molar-refractivity contribution in [1.82, 2.24) is 10.2 Å². The molecule has 0 aromatic rings. The molecule has 1 heterocycles. The number of hydrogen-bond donors (Lipinski definition) is 2. The fourth-order valence-electron chi connectivity index (χ4n) is 2.38. The van der Waals surface area contributed by atoms with Gasteiger partial charge < -0.3 is 15.8 Å². The van der Waals surface area contributed by atoms with Gasteiger partial charge in [-0.05, 0) is 25.7 Å². The van der Waals surface area contributed by atoms with Crippen molar-refractivity contribution >= 4 is 5.96 Å². The first-order valence-corrected chi connectivity index (χ1v) is 7.11. The van der Waals surface area contributed by atoms with Gasteiger partial charge in [0, 0.05) is 32.2 Å². The lowest BCUT2D eigenvalue weighted by atomic mass is 9.86.